The van der Waals surface area contributed by atoms with Crippen LogP contribution >= 0.6 is 12.4 Å². The molecule has 1 amide bonds. The van der Waals surface area contributed by atoms with E-state index in [1.54, 1.807) is 18.0 Å². The Bertz CT molecular complexity index is 820. The van der Waals surface area contributed by atoms with Crippen molar-refractivity contribution < 1.29 is 18.0 Å². The summed E-state index contributed by atoms with van der Waals surface area (Å²) >= 11 is 0. The fourth-order valence-electron chi connectivity index (χ4n) is 3.57. The lowest BCUT2D eigenvalue weighted by molar-refractivity contribution is -0.137. The first-order chi connectivity index (χ1) is 13.3. The smallest absolute Gasteiger partial charge is 0.371 e. The molecule has 1 heterocycles. The summed E-state index contributed by atoms with van der Waals surface area (Å²) in [5.74, 6) is -0.182. The minimum atomic E-state index is -4.40. The van der Waals surface area contributed by atoms with Gasteiger partial charge in [0.25, 0.3) is 0 Å². The highest BCUT2D eigenvalue weighted by atomic mass is 35.5. The van der Waals surface area contributed by atoms with E-state index in [-0.39, 0.29) is 24.7 Å². The van der Waals surface area contributed by atoms with Gasteiger partial charge in [0, 0.05) is 32.4 Å². The molecule has 2 aromatic rings. The third-order valence-electron chi connectivity index (χ3n) is 5.19. The summed E-state index contributed by atoms with van der Waals surface area (Å²) in [4.78, 5) is 16.4. The summed E-state index contributed by atoms with van der Waals surface area (Å²) in [6, 6.07) is 13.2. The monoisotopic (exact) mass is 426 g/mol. The van der Waals surface area contributed by atoms with Gasteiger partial charge in [0.2, 0.25) is 5.91 Å². The zero-order valence-electron chi connectivity index (χ0n) is 16.4. The number of likely N-dealkylation sites (N-methyl/N-ethyl adjacent to an activating group) is 1. The molecule has 3 rings (SSSR count). The van der Waals surface area contributed by atoms with Gasteiger partial charge >= 0.3 is 6.18 Å². The van der Waals surface area contributed by atoms with Gasteiger partial charge in [-0.3, -0.25) is 4.79 Å². The Kier molecular flexibility index (Phi) is 7.96. The van der Waals surface area contributed by atoms with Crippen molar-refractivity contribution in [2.24, 2.45) is 0 Å². The number of nitrogens with zero attached hydrogens (tertiary/aromatic N) is 2. The molecule has 158 valence electrons. The van der Waals surface area contributed by atoms with Crippen molar-refractivity contribution in [3.63, 3.8) is 0 Å². The van der Waals surface area contributed by atoms with Crippen molar-refractivity contribution in [2.45, 2.75) is 31.9 Å². The average molecular weight is 427 g/mol. The lowest BCUT2D eigenvalue weighted by atomic mass is 10.1. The molecule has 29 heavy (non-hydrogen) atoms. The largest absolute Gasteiger partial charge is 0.416 e. The van der Waals surface area contributed by atoms with Gasteiger partial charge in [-0.05, 0) is 42.5 Å². The first-order valence-corrected chi connectivity index (χ1v) is 9.57. The number of amides is 1. The molecular formula is C22H26ClF3N2O. The van der Waals surface area contributed by atoms with Gasteiger partial charge in [-0.25, -0.2) is 0 Å². The minimum Gasteiger partial charge on any atom is -0.371 e. The predicted molar refractivity (Wildman–Crippen MR) is 112 cm³/mol. The number of para-hydroxylation sites is 1. The zero-order valence-corrected chi connectivity index (χ0v) is 17.2. The van der Waals surface area contributed by atoms with E-state index in [1.165, 1.54) is 30.2 Å². The van der Waals surface area contributed by atoms with Crippen molar-refractivity contribution in [2.75, 3.05) is 31.6 Å². The average Bonchev–Trinajstić information content (AvgIpc) is 3.20. The predicted octanol–water partition coefficient (Wildman–Crippen LogP) is 4.97. The van der Waals surface area contributed by atoms with Crippen molar-refractivity contribution >= 4 is 24.0 Å². The Labute approximate surface area is 175 Å². The van der Waals surface area contributed by atoms with Crippen LogP contribution in [0.15, 0.2) is 48.5 Å². The third-order valence-corrected chi connectivity index (χ3v) is 5.19. The van der Waals surface area contributed by atoms with E-state index in [4.69, 9.17) is 0 Å². The van der Waals surface area contributed by atoms with Crippen LogP contribution < -0.4 is 4.90 Å². The Hall–Kier alpha value is -2.21. The number of anilines is 1. The highest BCUT2D eigenvalue weighted by Crippen LogP contribution is 2.29. The standard InChI is InChI=1S/C22H25F3N2O.ClH/c1-26(21(28)16-17-7-6-9-19(15-17)22(23,24)25)14-11-18-8-2-3-10-20(18)27-12-4-5-13-27;/h2-3,6-10,15H,4-5,11-14,16H2,1H3;1H. The van der Waals surface area contributed by atoms with Crippen LogP contribution in [0.25, 0.3) is 0 Å². The maximum absolute atomic E-state index is 12.8. The van der Waals surface area contributed by atoms with Crippen LogP contribution in [0.1, 0.15) is 29.5 Å². The summed E-state index contributed by atoms with van der Waals surface area (Å²) in [5, 5.41) is 0. The van der Waals surface area contributed by atoms with Gasteiger partial charge in [0.05, 0.1) is 12.0 Å². The summed E-state index contributed by atoms with van der Waals surface area (Å²) < 4.78 is 38.5. The molecule has 0 saturated carbocycles. The molecule has 0 atom stereocenters. The molecular weight excluding hydrogens is 401 g/mol. The summed E-state index contributed by atoms with van der Waals surface area (Å²) in [6.45, 7) is 2.64. The molecule has 0 aliphatic carbocycles. The maximum Gasteiger partial charge on any atom is 0.416 e. The highest BCUT2D eigenvalue weighted by Gasteiger charge is 2.30. The molecule has 0 N–H and O–H groups in total. The second-order valence-electron chi connectivity index (χ2n) is 7.26. The number of rotatable bonds is 6. The summed E-state index contributed by atoms with van der Waals surface area (Å²) in [7, 11) is 1.70. The molecule has 2 aromatic carbocycles. The molecule has 1 saturated heterocycles. The van der Waals surface area contributed by atoms with E-state index >= 15 is 0 Å². The normalized spacial score (nSPS) is 13.9. The number of carbonyl (C=O) groups is 1. The van der Waals surface area contributed by atoms with Crippen LogP contribution in [0.4, 0.5) is 18.9 Å². The Morgan fingerprint density at radius 2 is 1.76 bits per heavy atom. The molecule has 0 unspecified atom stereocenters. The zero-order chi connectivity index (χ0) is 20.1. The molecule has 0 radical (unpaired) electrons. The van der Waals surface area contributed by atoms with Crippen LogP contribution in [0, 0.1) is 0 Å². The van der Waals surface area contributed by atoms with E-state index in [2.05, 4.69) is 17.0 Å². The molecule has 3 nitrogen and oxygen atoms in total. The molecule has 1 aliphatic heterocycles. The third kappa shape index (κ3) is 6.13. The minimum absolute atomic E-state index is 0. The fourth-order valence-corrected chi connectivity index (χ4v) is 3.57. The van der Waals surface area contributed by atoms with Crippen molar-refractivity contribution in [3.8, 4) is 0 Å². The van der Waals surface area contributed by atoms with Crippen molar-refractivity contribution in [3.05, 3.63) is 65.2 Å². The SMILES string of the molecule is CN(CCc1ccccc1N1CCCC1)C(=O)Cc1cccc(C(F)(F)F)c1.Cl. The molecule has 0 spiro atoms. The maximum atomic E-state index is 12.8. The van der Waals surface area contributed by atoms with Gasteiger partial charge in [-0.15, -0.1) is 12.4 Å². The van der Waals surface area contributed by atoms with E-state index in [1.807, 2.05) is 12.1 Å². The van der Waals surface area contributed by atoms with Crippen LogP contribution in [0.2, 0.25) is 0 Å². The van der Waals surface area contributed by atoms with Gasteiger partial charge in [-0.2, -0.15) is 13.2 Å². The van der Waals surface area contributed by atoms with Crippen molar-refractivity contribution in [1.29, 1.82) is 0 Å². The quantitative estimate of drug-likeness (QED) is 0.651. The number of alkyl halides is 3. The topological polar surface area (TPSA) is 23.6 Å². The molecule has 1 fully saturated rings. The Morgan fingerprint density at radius 1 is 1.07 bits per heavy atom. The highest BCUT2D eigenvalue weighted by molar-refractivity contribution is 5.85. The van der Waals surface area contributed by atoms with Gasteiger partial charge in [0.1, 0.15) is 0 Å². The number of halogens is 4. The van der Waals surface area contributed by atoms with E-state index in [0.29, 0.717) is 12.1 Å². The summed E-state index contributed by atoms with van der Waals surface area (Å²) in [5.41, 5.74) is 2.07. The number of benzene rings is 2. The van der Waals surface area contributed by atoms with E-state index in [9.17, 15) is 18.0 Å². The molecule has 1 aliphatic rings. The second-order valence-corrected chi connectivity index (χ2v) is 7.26. The van der Waals surface area contributed by atoms with Crippen LogP contribution in [-0.2, 0) is 23.8 Å². The Balaban J connectivity index is 0.00000300. The van der Waals surface area contributed by atoms with Crippen LogP contribution in [0.3, 0.4) is 0 Å². The number of carbonyl (C=O) groups excluding carboxylic acids is 1. The van der Waals surface area contributed by atoms with Gasteiger partial charge in [-0.1, -0.05) is 36.4 Å². The lowest BCUT2D eigenvalue weighted by Gasteiger charge is -2.23. The van der Waals surface area contributed by atoms with Gasteiger partial charge < -0.3 is 9.80 Å². The van der Waals surface area contributed by atoms with E-state index in [0.717, 1.165) is 31.6 Å². The van der Waals surface area contributed by atoms with Crippen LogP contribution in [0.5, 0.6) is 0 Å². The Morgan fingerprint density at radius 3 is 2.45 bits per heavy atom. The molecule has 0 bridgehead atoms. The first kappa shape index (κ1) is 23.1. The number of hydrogen-bond donors (Lipinski definition) is 0. The fraction of sp³-hybridized carbons (Fsp3) is 0.409. The second kappa shape index (κ2) is 10.0. The lowest BCUT2D eigenvalue weighted by Crippen LogP contribution is -2.30. The first-order valence-electron chi connectivity index (χ1n) is 9.57. The molecule has 0 aromatic heterocycles. The summed E-state index contributed by atoms with van der Waals surface area (Å²) in [6.07, 6.45) is -1.32. The molecule has 7 heteroatoms. The van der Waals surface area contributed by atoms with Crippen molar-refractivity contribution in [1.82, 2.24) is 4.90 Å². The van der Waals surface area contributed by atoms with Gasteiger partial charge in [0.15, 0.2) is 0 Å². The number of hydrogen-bond acceptors (Lipinski definition) is 2. The van der Waals surface area contributed by atoms with E-state index < -0.39 is 11.7 Å². The van der Waals surface area contributed by atoms with Crippen LogP contribution in [-0.4, -0.2) is 37.5 Å².